The largest absolute Gasteiger partial charge is 0.481 e. The summed E-state index contributed by atoms with van der Waals surface area (Å²) in [6, 6.07) is 12.3. The van der Waals surface area contributed by atoms with Gasteiger partial charge in [0.05, 0.1) is 18.7 Å². The second-order valence-electron chi connectivity index (χ2n) is 5.38. The second kappa shape index (κ2) is 6.04. The molecule has 0 aliphatic heterocycles. The highest BCUT2D eigenvalue weighted by Gasteiger charge is 2.28. The quantitative estimate of drug-likeness (QED) is 0.911. The summed E-state index contributed by atoms with van der Waals surface area (Å²) in [5.74, 6) is 0.279. The zero-order valence-electron chi connectivity index (χ0n) is 11.9. The highest BCUT2D eigenvalue weighted by molar-refractivity contribution is 5.68. The fourth-order valence-corrected chi connectivity index (χ4v) is 3.09. The molecule has 110 valence electrons. The first-order valence-corrected chi connectivity index (χ1v) is 7.35. The Kier molecular flexibility index (Phi) is 3.95. The molecule has 3 rings (SSSR count). The fourth-order valence-electron chi connectivity index (χ4n) is 3.09. The van der Waals surface area contributed by atoms with Crippen LogP contribution in [0.4, 0.5) is 5.69 Å². The van der Waals surface area contributed by atoms with Crippen molar-refractivity contribution < 1.29 is 14.3 Å². The average molecular weight is 285 g/mol. The molecule has 0 amide bonds. The van der Waals surface area contributed by atoms with Gasteiger partial charge in [-0.05, 0) is 31.0 Å². The van der Waals surface area contributed by atoms with Gasteiger partial charge in [-0.25, -0.2) is 0 Å². The number of nitrogens with zero attached hydrogens (tertiary/aromatic N) is 1. The average Bonchev–Trinajstić information content (AvgIpc) is 2.97. The van der Waals surface area contributed by atoms with Crippen LogP contribution in [0.1, 0.15) is 36.6 Å². The van der Waals surface area contributed by atoms with E-state index >= 15 is 0 Å². The van der Waals surface area contributed by atoms with E-state index in [1.807, 2.05) is 36.4 Å². The van der Waals surface area contributed by atoms with Gasteiger partial charge < -0.3 is 14.4 Å². The molecule has 0 radical (unpaired) electrons. The van der Waals surface area contributed by atoms with Crippen molar-refractivity contribution in [3.63, 3.8) is 0 Å². The summed E-state index contributed by atoms with van der Waals surface area (Å²) in [5.41, 5.74) is 2.27. The minimum Gasteiger partial charge on any atom is -0.481 e. The predicted molar refractivity (Wildman–Crippen MR) is 80.4 cm³/mol. The van der Waals surface area contributed by atoms with Crippen LogP contribution in [-0.4, -0.2) is 17.6 Å². The van der Waals surface area contributed by atoms with Gasteiger partial charge in [-0.2, -0.15) is 0 Å². The van der Waals surface area contributed by atoms with Crippen LogP contribution in [0.15, 0.2) is 47.1 Å². The van der Waals surface area contributed by atoms with Crippen LogP contribution < -0.4 is 4.90 Å². The SMILES string of the molecule is O=C(O)CCN(c1ccccc1)C1CCCc2occc21. The highest BCUT2D eigenvalue weighted by Crippen LogP contribution is 2.37. The predicted octanol–water partition coefficient (Wildman–Crippen LogP) is 3.64. The zero-order chi connectivity index (χ0) is 14.7. The first-order chi connectivity index (χ1) is 10.3. The van der Waals surface area contributed by atoms with E-state index in [-0.39, 0.29) is 12.5 Å². The Morgan fingerprint density at radius 3 is 2.86 bits per heavy atom. The van der Waals surface area contributed by atoms with Gasteiger partial charge in [-0.15, -0.1) is 0 Å². The van der Waals surface area contributed by atoms with E-state index in [0.717, 1.165) is 30.7 Å². The number of hydrogen-bond donors (Lipinski definition) is 1. The van der Waals surface area contributed by atoms with E-state index < -0.39 is 5.97 Å². The van der Waals surface area contributed by atoms with Gasteiger partial charge in [0.15, 0.2) is 0 Å². The molecule has 1 N–H and O–H groups in total. The molecule has 1 heterocycles. The van der Waals surface area contributed by atoms with Gasteiger partial charge in [0.25, 0.3) is 0 Å². The third-order valence-corrected chi connectivity index (χ3v) is 4.05. The molecular formula is C17H19NO3. The first kappa shape index (κ1) is 13.7. The van der Waals surface area contributed by atoms with Crippen molar-refractivity contribution in [2.75, 3.05) is 11.4 Å². The molecule has 1 atom stereocenters. The van der Waals surface area contributed by atoms with Crippen molar-refractivity contribution in [3.05, 3.63) is 54.0 Å². The molecule has 1 aliphatic rings. The molecule has 1 aliphatic carbocycles. The number of fused-ring (bicyclic) bond motifs is 1. The molecule has 0 fully saturated rings. The van der Waals surface area contributed by atoms with Crippen LogP contribution in [0.2, 0.25) is 0 Å². The van der Waals surface area contributed by atoms with Crippen molar-refractivity contribution in [3.8, 4) is 0 Å². The minimum absolute atomic E-state index is 0.137. The monoisotopic (exact) mass is 285 g/mol. The number of carbonyl (C=O) groups is 1. The zero-order valence-corrected chi connectivity index (χ0v) is 11.9. The topological polar surface area (TPSA) is 53.7 Å². The smallest absolute Gasteiger partial charge is 0.305 e. The van der Waals surface area contributed by atoms with E-state index in [2.05, 4.69) is 4.90 Å². The maximum atomic E-state index is 11.0. The lowest BCUT2D eigenvalue weighted by Gasteiger charge is -2.35. The summed E-state index contributed by atoms with van der Waals surface area (Å²) >= 11 is 0. The molecule has 1 unspecified atom stereocenters. The molecule has 4 nitrogen and oxygen atoms in total. The molecule has 0 saturated heterocycles. The number of para-hydroxylation sites is 1. The third-order valence-electron chi connectivity index (χ3n) is 4.05. The number of hydrogen-bond acceptors (Lipinski definition) is 3. The van der Waals surface area contributed by atoms with Crippen molar-refractivity contribution in [1.82, 2.24) is 0 Å². The van der Waals surface area contributed by atoms with Crippen LogP contribution in [0.3, 0.4) is 0 Å². The van der Waals surface area contributed by atoms with Crippen molar-refractivity contribution in [1.29, 1.82) is 0 Å². The number of carboxylic acids is 1. The molecule has 0 spiro atoms. The third kappa shape index (κ3) is 2.94. The molecular weight excluding hydrogens is 266 g/mol. The van der Waals surface area contributed by atoms with Gasteiger partial charge in [0.2, 0.25) is 0 Å². The van der Waals surface area contributed by atoms with E-state index in [0.29, 0.717) is 6.54 Å². The van der Waals surface area contributed by atoms with E-state index in [9.17, 15) is 4.79 Å². The molecule has 2 aromatic rings. The number of aryl methyl sites for hydroxylation is 1. The lowest BCUT2D eigenvalue weighted by molar-refractivity contribution is -0.136. The molecule has 1 aromatic carbocycles. The Balaban J connectivity index is 1.91. The second-order valence-corrected chi connectivity index (χ2v) is 5.38. The number of rotatable bonds is 5. The number of anilines is 1. The Bertz CT molecular complexity index is 606. The van der Waals surface area contributed by atoms with Gasteiger partial charge in [-0.3, -0.25) is 4.79 Å². The summed E-state index contributed by atoms with van der Waals surface area (Å²) in [5, 5.41) is 9.02. The Morgan fingerprint density at radius 2 is 2.10 bits per heavy atom. The Labute approximate surface area is 124 Å². The summed E-state index contributed by atoms with van der Waals surface area (Å²) in [6.45, 7) is 0.509. The summed E-state index contributed by atoms with van der Waals surface area (Å²) in [4.78, 5) is 13.2. The number of benzene rings is 1. The fraction of sp³-hybridized carbons (Fsp3) is 0.353. The number of aliphatic carboxylic acids is 1. The molecule has 0 bridgehead atoms. The molecule has 21 heavy (non-hydrogen) atoms. The van der Waals surface area contributed by atoms with Gasteiger partial charge in [0, 0.05) is 24.2 Å². The lowest BCUT2D eigenvalue weighted by atomic mass is 9.91. The maximum absolute atomic E-state index is 11.0. The van der Waals surface area contributed by atoms with Gasteiger partial charge in [0.1, 0.15) is 5.76 Å². The maximum Gasteiger partial charge on any atom is 0.305 e. The first-order valence-electron chi connectivity index (χ1n) is 7.35. The summed E-state index contributed by atoms with van der Waals surface area (Å²) < 4.78 is 5.55. The minimum atomic E-state index is -0.765. The molecule has 0 saturated carbocycles. The Hall–Kier alpha value is -2.23. The Morgan fingerprint density at radius 1 is 1.29 bits per heavy atom. The van der Waals surface area contributed by atoms with Crippen LogP contribution in [0.5, 0.6) is 0 Å². The standard InChI is InChI=1S/C17H19NO3/c19-17(20)9-11-18(13-5-2-1-3-6-13)15-7-4-8-16-14(15)10-12-21-16/h1-3,5-6,10,12,15H,4,7-9,11H2,(H,19,20). The number of furan rings is 1. The molecule has 4 heteroatoms. The van der Waals surface area contributed by atoms with Crippen LogP contribution >= 0.6 is 0 Å². The van der Waals surface area contributed by atoms with Gasteiger partial charge >= 0.3 is 5.97 Å². The summed E-state index contributed by atoms with van der Waals surface area (Å²) in [6.07, 6.45) is 4.95. The number of carboxylic acid groups (broad SMARTS) is 1. The van der Waals surface area contributed by atoms with Crippen LogP contribution in [-0.2, 0) is 11.2 Å². The van der Waals surface area contributed by atoms with Gasteiger partial charge in [-0.1, -0.05) is 18.2 Å². The van der Waals surface area contributed by atoms with E-state index in [4.69, 9.17) is 9.52 Å². The highest BCUT2D eigenvalue weighted by atomic mass is 16.4. The normalized spacial score (nSPS) is 17.2. The molecule has 1 aromatic heterocycles. The van der Waals surface area contributed by atoms with Crippen LogP contribution in [0, 0.1) is 0 Å². The van der Waals surface area contributed by atoms with Crippen molar-refractivity contribution in [2.45, 2.75) is 31.7 Å². The van der Waals surface area contributed by atoms with Crippen molar-refractivity contribution >= 4 is 11.7 Å². The lowest BCUT2D eigenvalue weighted by Crippen LogP contribution is -2.32. The van der Waals surface area contributed by atoms with E-state index in [1.54, 1.807) is 6.26 Å². The van der Waals surface area contributed by atoms with E-state index in [1.165, 1.54) is 5.56 Å². The summed E-state index contributed by atoms with van der Waals surface area (Å²) in [7, 11) is 0. The van der Waals surface area contributed by atoms with Crippen LogP contribution in [0.25, 0.3) is 0 Å². The van der Waals surface area contributed by atoms with Crippen molar-refractivity contribution in [2.24, 2.45) is 0 Å².